The van der Waals surface area contributed by atoms with Gasteiger partial charge >= 0.3 is 0 Å². The molecule has 3 aromatic rings. The molecule has 1 aromatic carbocycles. The fourth-order valence-electron chi connectivity index (χ4n) is 3.36. The van der Waals surface area contributed by atoms with Gasteiger partial charge in [-0.25, -0.2) is 22.2 Å². The molecule has 1 aliphatic rings. The molecule has 0 aliphatic heterocycles. The Morgan fingerprint density at radius 3 is 2.76 bits per heavy atom. The van der Waals surface area contributed by atoms with Gasteiger partial charge in [-0.3, -0.25) is 14.5 Å². The van der Waals surface area contributed by atoms with E-state index >= 15 is 0 Å². The van der Waals surface area contributed by atoms with E-state index < -0.39 is 44.2 Å². The van der Waals surface area contributed by atoms with Crippen LogP contribution in [0.4, 0.5) is 20.2 Å². The molecule has 2 aromatic heterocycles. The summed E-state index contributed by atoms with van der Waals surface area (Å²) in [6.07, 6.45) is 5.34. The number of benzene rings is 1. The second-order valence-corrected chi connectivity index (χ2v) is 8.81. The lowest BCUT2D eigenvalue weighted by Crippen LogP contribution is -2.26. The minimum absolute atomic E-state index is 0.0732. The van der Waals surface area contributed by atoms with E-state index in [1.165, 1.54) is 18.6 Å². The molecule has 1 amide bonds. The van der Waals surface area contributed by atoms with Crippen LogP contribution < -0.4 is 15.0 Å². The highest BCUT2D eigenvalue weighted by molar-refractivity contribution is 7.93. The van der Waals surface area contributed by atoms with Crippen molar-refractivity contribution in [3.05, 3.63) is 47.9 Å². The Balaban J connectivity index is 1.60. The van der Waals surface area contributed by atoms with Crippen LogP contribution in [0.25, 0.3) is 11.2 Å². The summed E-state index contributed by atoms with van der Waals surface area (Å²) in [7, 11) is -3.81. The van der Waals surface area contributed by atoms with Crippen LogP contribution in [-0.4, -0.2) is 29.5 Å². The van der Waals surface area contributed by atoms with Gasteiger partial charge in [0.2, 0.25) is 10.0 Å². The number of sulfonamides is 1. The largest absolute Gasteiger partial charge is 0.317 e. The minimum Gasteiger partial charge on any atom is -0.317 e. The van der Waals surface area contributed by atoms with Crippen molar-refractivity contribution in [1.82, 2.24) is 9.97 Å². The number of carbonyl (C=O) groups is 1. The molecule has 0 bridgehead atoms. The van der Waals surface area contributed by atoms with Crippen molar-refractivity contribution >= 4 is 38.5 Å². The van der Waals surface area contributed by atoms with Gasteiger partial charge in [0.25, 0.3) is 11.6 Å². The predicted octanol–water partition coefficient (Wildman–Crippen LogP) is 2.59. The van der Waals surface area contributed by atoms with Gasteiger partial charge in [-0.2, -0.15) is 0 Å². The Kier molecular flexibility index (Phi) is 4.91. The van der Waals surface area contributed by atoms with E-state index in [1.807, 2.05) is 0 Å². The maximum atomic E-state index is 14.8. The molecule has 1 fully saturated rings. The molecule has 1 saturated carbocycles. The summed E-state index contributed by atoms with van der Waals surface area (Å²) in [4.78, 5) is 22.1. The molecular weight excluding hydrogens is 404 g/mol. The third-order valence-corrected chi connectivity index (χ3v) is 6.76. The Labute approximate surface area is 164 Å². The quantitative estimate of drug-likeness (QED) is 0.586. The number of imidazole rings is 1. The number of hydrogen-bond acceptors (Lipinski definition) is 4. The molecule has 0 saturated heterocycles. The van der Waals surface area contributed by atoms with E-state index in [2.05, 4.69) is 25.0 Å². The summed E-state index contributed by atoms with van der Waals surface area (Å²) < 4.78 is 56.0. The van der Waals surface area contributed by atoms with Crippen LogP contribution in [0.5, 0.6) is 0 Å². The number of aromatic amines is 2. The number of rotatable bonds is 5. The van der Waals surface area contributed by atoms with Crippen LogP contribution in [0.15, 0.2) is 30.7 Å². The van der Waals surface area contributed by atoms with Crippen LogP contribution >= 0.6 is 0 Å². The topological polar surface area (TPSA) is 118 Å². The number of halogens is 2. The Hall–Kier alpha value is -3.08. The van der Waals surface area contributed by atoms with Gasteiger partial charge in [0, 0.05) is 0 Å². The van der Waals surface area contributed by atoms with Gasteiger partial charge in [0.15, 0.2) is 17.7 Å². The van der Waals surface area contributed by atoms with Gasteiger partial charge in [-0.05, 0) is 31.0 Å². The van der Waals surface area contributed by atoms with Crippen LogP contribution in [-0.2, 0) is 10.0 Å². The maximum Gasteiger partial charge on any atom is 0.299 e. The molecule has 0 spiro atoms. The zero-order chi connectivity index (χ0) is 20.6. The number of carbonyl (C=O) groups excluding carboxylic acids is 1. The Morgan fingerprint density at radius 2 is 2.00 bits per heavy atom. The van der Waals surface area contributed by atoms with Crippen molar-refractivity contribution in [3.8, 4) is 0 Å². The SMILES string of the molecule is O=C(Nc1c(F)ccc(NS(=O)(=O)C2CCCC2)c1F)c1cnc2[nH+]c[nH]c2c1. The number of nitrogens with one attached hydrogen (secondary N) is 4. The highest BCUT2D eigenvalue weighted by atomic mass is 32.2. The molecule has 0 unspecified atom stereocenters. The molecule has 4 N–H and O–H groups in total. The molecule has 29 heavy (non-hydrogen) atoms. The van der Waals surface area contributed by atoms with Gasteiger partial charge < -0.3 is 5.32 Å². The second kappa shape index (κ2) is 7.39. The van der Waals surface area contributed by atoms with E-state index in [-0.39, 0.29) is 5.56 Å². The van der Waals surface area contributed by atoms with Gasteiger partial charge in [0.05, 0.1) is 16.5 Å². The Bertz CT molecular complexity index is 1190. The highest BCUT2D eigenvalue weighted by Gasteiger charge is 2.30. The standard InChI is InChI=1S/C18H17F2N5O3S/c19-12-5-6-13(25-29(27,28)11-3-1-2-4-11)15(20)16(12)24-18(26)10-7-14-17(21-8-10)23-9-22-14/h5-9,11,25H,1-4H2,(H,24,26)(H,21,22,23)/p+1. The van der Waals surface area contributed by atoms with Crippen LogP contribution in [0.2, 0.25) is 0 Å². The first-order valence-electron chi connectivity index (χ1n) is 9.01. The van der Waals surface area contributed by atoms with Crippen molar-refractivity contribution in [1.29, 1.82) is 0 Å². The molecule has 152 valence electrons. The number of amides is 1. The first-order valence-corrected chi connectivity index (χ1v) is 10.6. The molecule has 1 aliphatic carbocycles. The van der Waals surface area contributed by atoms with Gasteiger partial charge in [0.1, 0.15) is 17.7 Å². The van der Waals surface area contributed by atoms with Crippen molar-refractivity contribution < 1.29 is 27.0 Å². The van der Waals surface area contributed by atoms with Crippen molar-refractivity contribution in [2.75, 3.05) is 10.0 Å². The highest BCUT2D eigenvalue weighted by Crippen LogP contribution is 2.30. The van der Waals surface area contributed by atoms with Gasteiger partial charge in [-0.1, -0.05) is 12.8 Å². The zero-order valence-corrected chi connectivity index (χ0v) is 15.9. The summed E-state index contributed by atoms with van der Waals surface area (Å²) in [6, 6.07) is 3.36. The molecule has 0 atom stereocenters. The fourth-order valence-corrected chi connectivity index (χ4v) is 4.95. The number of pyridine rings is 1. The third kappa shape index (κ3) is 3.77. The van der Waals surface area contributed by atoms with Crippen LogP contribution in [0.3, 0.4) is 0 Å². The Morgan fingerprint density at radius 1 is 1.24 bits per heavy atom. The summed E-state index contributed by atoms with van der Waals surface area (Å²) in [6.45, 7) is 0. The molecule has 0 radical (unpaired) electrons. The maximum absolute atomic E-state index is 14.8. The fraction of sp³-hybridized carbons (Fsp3) is 0.278. The van der Waals surface area contributed by atoms with E-state index in [9.17, 15) is 22.0 Å². The summed E-state index contributed by atoms with van der Waals surface area (Å²) in [5, 5.41) is 1.55. The smallest absolute Gasteiger partial charge is 0.299 e. The summed E-state index contributed by atoms with van der Waals surface area (Å²) >= 11 is 0. The second-order valence-electron chi connectivity index (χ2n) is 6.84. The number of hydrogen-bond donors (Lipinski definition) is 3. The van der Waals surface area contributed by atoms with Crippen LogP contribution in [0, 0.1) is 11.6 Å². The molecular formula is C18H18F2N5O3S+. The summed E-state index contributed by atoms with van der Waals surface area (Å²) in [5.74, 6) is -3.01. The number of nitrogens with zero attached hydrogens (tertiary/aromatic N) is 1. The van der Waals surface area contributed by atoms with Crippen molar-refractivity contribution in [3.63, 3.8) is 0 Å². The van der Waals surface area contributed by atoms with Crippen molar-refractivity contribution in [2.45, 2.75) is 30.9 Å². The van der Waals surface area contributed by atoms with Gasteiger partial charge in [-0.15, -0.1) is 4.98 Å². The minimum atomic E-state index is -3.81. The normalized spacial score (nSPS) is 15.0. The third-order valence-electron chi connectivity index (χ3n) is 4.91. The van der Waals surface area contributed by atoms with E-state index in [1.54, 1.807) is 0 Å². The predicted molar refractivity (Wildman–Crippen MR) is 102 cm³/mol. The first kappa shape index (κ1) is 19.2. The number of anilines is 2. The first-order chi connectivity index (χ1) is 13.8. The average Bonchev–Trinajstić information content (AvgIpc) is 3.38. The average molecular weight is 422 g/mol. The van der Waals surface area contributed by atoms with E-state index in [4.69, 9.17) is 0 Å². The lowest BCUT2D eigenvalue weighted by atomic mass is 10.2. The monoisotopic (exact) mass is 422 g/mol. The lowest BCUT2D eigenvalue weighted by molar-refractivity contribution is -0.347. The molecule has 4 rings (SSSR count). The number of fused-ring (bicyclic) bond motifs is 1. The van der Waals surface area contributed by atoms with Crippen LogP contribution in [0.1, 0.15) is 36.0 Å². The van der Waals surface area contributed by atoms with Crippen molar-refractivity contribution in [2.24, 2.45) is 0 Å². The zero-order valence-electron chi connectivity index (χ0n) is 15.1. The van der Waals surface area contributed by atoms with E-state index in [0.29, 0.717) is 24.0 Å². The van der Waals surface area contributed by atoms with E-state index in [0.717, 1.165) is 25.0 Å². The number of H-pyrrole nitrogens is 2. The number of aromatic nitrogens is 3. The molecule has 11 heteroatoms. The molecule has 2 heterocycles. The summed E-state index contributed by atoms with van der Waals surface area (Å²) in [5.41, 5.74) is -0.0242. The molecule has 8 nitrogen and oxygen atoms in total. The lowest BCUT2D eigenvalue weighted by Gasteiger charge is -2.16.